The van der Waals surface area contributed by atoms with Crippen molar-refractivity contribution >= 4 is 11.7 Å². The van der Waals surface area contributed by atoms with Crippen molar-refractivity contribution in [1.29, 1.82) is 0 Å². The van der Waals surface area contributed by atoms with E-state index in [1.165, 1.54) is 0 Å². The molecule has 4 heterocycles. The fourth-order valence-corrected chi connectivity index (χ4v) is 4.34. The first-order chi connectivity index (χ1) is 11.9. The van der Waals surface area contributed by atoms with Gasteiger partial charge in [0.05, 0.1) is 6.54 Å². The van der Waals surface area contributed by atoms with E-state index in [9.17, 15) is 9.90 Å². The molecule has 2 aromatic rings. The van der Waals surface area contributed by atoms with E-state index in [1.54, 1.807) is 19.2 Å². The van der Waals surface area contributed by atoms with Gasteiger partial charge in [0.25, 0.3) is 0 Å². The molecule has 8 heteroatoms. The Morgan fingerprint density at radius 3 is 2.72 bits per heavy atom. The molecule has 1 unspecified atom stereocenters. The zero-order valence-electron chi connectivity index (χ0n) is 14.5. The van der Waals surface area contributed by atoms with Crippen molar-refractivity contribution in [2.24, 2.45) is 7.05 Å². The van der Waals surface area contributed by atoms with E-state index < -0.39 is 5.60 Å². The average molecular weight is 345 g/mol. The molecule has 2 aromatic heterocycles. The molecule has 8 nitrogen and oxygen atoms in total. The third kappa shape index (κ3) is 2.96. The second-order valence-electron chi connectivity index (χ2n) is 7.23. The number of aryl methyl sites for hydroxylation is 2. The molecular weight excluding hydrogens is 322 g/mol. The molecule has 2 N–H and O–H groups in total. The highest BCUT2D eigenvalue weighted by Gasteiger charge is 2.50. The van der Waals surface area contributed by atoms with Crippen molar-refractivity contribution < 1.29 is 14.4 Å². The van der Waals surface area contributed by atoms with Crippen molar-refractivity contribution in [1.82, 2.24) is 19.6 Å². The van der Waals surface area contributed by atoms with Gasteiger partial charge >= 0.3 is 0 Å². The number of fused-ring (bicyclic) bond motifs is 2. The Balaban J connectivity index is 1.44. The number of rotatable bonds is 4. The minimum Gasteiger partial charge on any atom is -0.382 e. The highest BCUT2D eigenvalue weighted by atomic mass is 16.5. The molecule has 3 atom stereocenters. The minimum atomic E-state index is -0.916. The summed E-state index contributed by atoms with van der Waals surface area (Å²) in [6.45, 7) is 2.09. The first-order valence-electron chi connectivity index (χ1n) is 8.64. The molecule has 1 amide bonds. The zero-order chi connectivity index (χ0) is 17.6. The van der Waals surface area contributed by atoms with Crippen LogP contribution in [0.25, 0.3) is 0 Å². The molecule has 4 rings (SSSR count). The average Bonchev–Trinajstić information content (AvgIpc) is 3.21. The quantitative estimate of drug-likeness (QED) is 0.863. The van der Waals surface area contributed by atoms with Gasteiger partial charge in [-0.1, -0.05) is 5.16 Å². The van der Waals surface area contributed by atoms with Crippen LogP contribution in [0.4, 0.5) is 5.82 Å². The molecule has 0 aliphatic carbocycles. The van der Waals surface area contributed by atoms with E-state index >= 15 is 0 Å². The molecule has 0 saturated carbocycles. The fourth-order valence-electron chi connectivity index (χ4n) is 4.34. The molecule has 2 aliphatic rings. The van der Waals surface area contributed by atoms with Crippen molar-refractivity contribution in [2.75, 3.05) is 11.9 Å². The van der Waals surface area contributed by atoms with Crippen molar-refractivity contribution in [2.45, 2.75) is 50.3 Å². The van der Waals surface area contributed by atoms with E-state index in [4.69, 9.17) is 4.52 Å². The highest BCUT2D eigenvalue weighted by molar-refractivity contribution is 5.91. The molecule has 25 heavy (non-hydrogen) atoms. The number of piperidine rings is 1. The summed E-state index contributed by atoms with van der Waals surface area (Å²) in [7, 11) is 1.90. The summed E-state index contributed by atoms with van der Waals surface area (Å²) in [4.78, 5) is 18.9. The largest absolute Gasteiger partial charge is 0.382 e. The Morgan fingerprint density at radius 2 is 2.16 bits per heavy atom. The van der Waals surface area contributed by atoms with Gasteiger partial charge < -0.3 is 19.5 Å². The van der Waals surface area contributed by atoms with Gasteiger partial charge in [-0.05, 0) is 32.6 Å². The molecule has 2 saturated heterocycles. The van der Waals surface area contributed by atoms with E-state index in [0.717, 1.165) is 12.8 Å². The number of amides is 1. The lowest BCUT2D eigenvalue weighted by atomic mass is 9.85. The number of hydrogen-bond acceptors (Lipinski definition) is 6. The normalized spacial score (nSPS) is 29.1. The lowest BCUT2D eigenvalue weighted by molar-refractivity contribution is -0.121. The second-order valence-corrected chi connectivity index (χ2v) is 7.23. The monoisotopic (exact) mass is 345 g/mol. The number of nitrogens with one attached hydrogen (secondary N) is 1. The van der Waals surface area contributed by atoms with Crippen LogP contribution < -0.4 is 5.32 Å². The van der Waals surface area contributed by atoms with Crippen LogP contribution in [0.3, 0.4) is 0 Å². The zero-order valence-corrected chi connectivity index (χ0v) is 14.5. The predicted molar refractivity (Wildman–Crippen MR) is 89.7 cm³/mol. The van der Waals surface area contributed by atoms with Gasteiger partial charge in [0.1, 0.15) is 17.2 Å². The lowest BCUT2D eigenvalue weighted by Crippen LogP contribution is -2.52. The number of aliphatic hydroxyl groups is 1. The summed E-state index contributed by atoms with van der Waals surface area (Å²) < 4.78 is 6.85. The van der Waals surface area contributed by atoms with Gasteiger partial charge in [-0.15, -0.1) is 0 Å². The van der Waals surface area contributed by atoms with Crippen LogP contribution in [-0.2, 0) is 17.4 Å². The maximum atomic E-state index is 12.3. The topological polar surface area (TPSA) is 96.4 Å². The molecular formula is C17H23N5O3. The molecule has 2 fully saturated rings. The molecule has 2 bridgehead atoms. The van der Waals surface area contributed by atoms with Crippen molar-refractivity contribution in [3.8, 4) is 0 Å². The Bertz CT molecular complexity index is 769. The van der Waals surface area contributed by atoms with Crippen LogP contribution in [-0.4, -0.2) is 49.2 Å². The molecule has 0 spiro atoms. The van der Waals surface area contributed by atoms with Gasteiger partial charge in [-0.25, -0.2) is 4.98 Å². The predicted octanol–water partition coefficient (Wildman–Crippen LogP) is 1.17. The Morgan fingerprint density at radius 1 is 1.44 bits per heavy atom. The summed E-state index contributed by atoms with van der Waals surface area (Å²) in [5, 5.41) is 17.7. The Labute approximate surface area is 145 Å². The third-order valence-corrected chi connectivity index (χ3v) is 5.38. The van der Waals surface area contributed by atoms with E-state index in [2.05, 4.69) is 20.4 Å². The van der Waals surface area contributed by atoms with Crippen molar-refractivity contribution in [3.05, 3.63) is 30.0 Å². The van der Waals surface area contributed by atoms with Crippen LogP contribution in [0.1, 0.15) is 37.3 Å². The maximum absolute atomic E-state index is 12.3. The lowest BCUT2D eigenvalue weighted by Gasteiger charge is -2.43. The summed E-state index contributed by atoms with van der Waals surface area (Å²) >= 11 is 0. The highest BCUT2D eigenvalue weighted by Crippen LogP contribution is 2.44. The van der Waals surface area contributed by atoms with E-state index in [1.807, 2.05) is 17.8 Å². The number of nitrogens with zero attached hydrogens (tertiary/aromatic N) is 4. The van der Waals surface area contributed by atoms with Crippen molar-refractivity contribution in [3.63, 3.8) is 0 Å². The molecule has 0 radical (unpaired) electrons. The first-order valence-corrected chi connectivity index (χ1v) is 8.64. The van der Waals surface area contributed by atoms with Crippen LogP contribution in [0.5, 0.6) is 0 Å². The third-order valence-electron chi connectivity index (χ3n) is 5.38. The number of anilines is 1. The SMILES string of the molecule is Cc1cc(NC(=O)CN2[C@@H]3CC[C@H]2CC(O)(c2nccn2C)C3)no1. The van der Waals surface area contributed by atoms with E-state index in [-0.39, 0.29) is 18.0 Å². The van der Waals surface area contributed by atoms with Crippen LogP contribution >= 0.6 is 0 Å². The summed E-state index contributed by atoms with van der Waals surface area (Å²) in [6.07, 6.45) is 6.76. The molecule has 2 aliphatic heterocycles. The second kappa shape index (κ2) is 5.96. The van der Waals surface area contributed by atoms with Crippen LogP contribution in [0.15, 0.2) is 23.0 Å². The first kappa shape index (κ1) is 16.3. The fraction of sp³-hybridized carbons (Fsp3) is 0.588. The minimum absolute atomic E-state index is 0.104. The van der Waals surface area contributed by atoms with E-state index in [0.29, 0.717) is 36.8 Å². The number of carbonyl (C=O) groups excluding carboxylic acids is 1. The van der Waals surface area contributed by atoms with Gasteiger partial charge in [-0.3, -0.25) is 9.69 Å². The number of imidazole rings is 1. The van der Waals surface area contributed by atoms with Crippen LogP contribution in [0.2, 0.25) is 0 Å². The summed E-state index contributed by atoms with van der Waals surface area (Å²) in [5.74, 6) is 1.71. The Hall–Kier alpha value is -2.19. The summed E-state index contributed by atoms with van der Waals surface area (Å²) in [6, 6.07) is 2.07. The standard InChI is InChI=1S/C17H23N5O3/c1-11-7-14(20-25-11)19-15(23)10-22-12-3-4-13(22)9-17(24,8-12)16-18-5-6-21(16)2/h5-7,12-13,24H,3-4,8-10H2,1-2H3,(H,19,20,23)/t12-,13+,17?. The molecule has 134 valence electrons. The maximum Gasteiger partial charge on any atom is 0.239 e. The van der Waals surface area contributed by atoms with Gasteiger partial charge in [-0.2, -0.15) is 0 Å². The number of carbonyl (C=O) groups is 1. The number of aromatic nitrogens is 3. The van der Waals surface area contributed by atoms with Gasteiger partial charge in [0, 0.05) is 37.6 Å². The van der Waals surface area contributed by atoms with Gasteiger partial charge in [0.2, 0.25) is 5.91 Å². The molecule has 0 aromatic carbocycles. The smallest absolute Gasteiger partial charge is 0.239 e. The van der Waals surface area contributed by atoms with Gasteiger partial charge in [0.15, 0.2) is 5.82 Å². The number of hydrogen-bond donors (Lipinski definition) is 2. The summed E-state index contributed by atoms with van der Waals surface area (Å²) in [5.41, 5.74) is -0.916. The van der Waals surface area contributed by atoms with Crippen LogP contribution in [0, 0.1) is 6.92 Å². The Kier molecular flexibility index (Phi) is 3.88.